The van der Waals surface area contributed by atoms with Gasteiger partial charge in [0.1, 0.15) is 0 Å². The molecule has 0 amide bonds. The molecule has 1 aromatic rings. The quantitative estimate of drug-likeness (QED) is 0.651. The minimum Gasteiger partial charge on any atom is -0.478 e. The molecule has 19 heavy (non-hydrogen) atoms. The van der Waals surface area contributed by atoms with Crippen LogP contribution >= 0.6 is 11.8 Å². The van der Waals surface area contributed by atoms with Gasteiger partial charge in [0.15, 0.2) is 0 Å². The van der Waals surface area contributed by atoms with Crippen LogP contribution in [0.1, 0.15) is 23.2 Å². The number of nitrogens with one attached hydrogen (secondary N) is 1. The maximum atomic E-state index is 11.2. The number of carboxylic acid groups (broad SMARTS) is 1. The number of carbonyl (C=O) groups is 1. The maximum absolute atomic E-state index is 11.2. The van der Waals surface area contributed by atoms with Gasteiger partial charge in [-0.15, -0.1) is 0 Å². The lowest BCUT2D eigenvalue weighted by Gasteiger charge is -2.24. The Morgan fingerprint density at radius 1 is 1.42 bits per heavy atom. The molecule has 0 bridgehead atoms. The third-order valence-corrected chi connectivity index (χ3v) is 4.07. The smallest absolute Gasteiger partial charge is 0.338 e. The van der Waals surface area contributed by atoms with Crippen LogP contribution in [0.5, 0.6) is 0 Å². The number of hydrogen-bond acceptors (Lipinski definition) is 5. The van der Waals surface area contributed by atoms with Gasteiger partial charge in [-0.2, -0.15) is 11.8 Å². The molecule has 1 aliphatic rings. The number of benzene rings is 1. The molecule has 0 unspecified atom stereocenters. The summed E-state index contributed by atoms with van der Waals surface area (Å²) in [6.07, 6.45) is 1.95. The Kier molecular flexibility index (Phi) is 4.26. The van der Waals surface area contributed by atoms with Crippen LogP contribution in [0.15, 0.2) is 18.2 Å². The van der Waals surface area contributed by atoms with Crippen LogP contribution in [0, 0.1) is 10.1 Å². The third-order valence-electron chi connectivity index (χ3n) is 3.03. The summed E-state index contributed by atoms with van der Waals surface area (Å²) in [7, 11) is 0. The molecule has 2 rings (SSSR count). The van der Waals surface area contributed by atoms with Gasteiger partial charge < -0.3 is 10.4 Å². The normalized spacial score (nSPS) is 16.0. The van der Waals surface area contributed by atoms with E-state index in [0.29, 0.717) is 5.69 Å². The van der Waals surface area contributed by atoms with E-state index >= 15 is 0 Å². The Bertz CT molecular complexity index is 501. The Hall–Kier alpha value is -1.76. The lowest BCUT2D eigenvalue weighted by atomic mass is 10.1. The van der Waals surface area contributed by atoms with E-state index in [1.165, 1.54) is 12.1 Å². The van der Waals surface area contributed by atoms with Crippen molar-refractivity contribution in [1.82, 2.24) is 0 Å². The molecule has 0 saturated carbocycles. The van der Waals surface area contributed by atoms with Gasteiger partial charge in [0.2, 0.25) is 0 Å². The van der Waals surface area contributed by atoms with E-state index in [2.05, 4.69) is 5.32 Å². The van der Waals surface area contributed by atoms with Crippen molar-refractivity contribution in [3.05, 3.63) is 33.9 Å². The van der Waals surface area contributed by atoms with Crippen molar-refractivity contribution in [3.8, 4) is 0 Å². The number of nitro benzene ring substituents is 1. The lowest BCUT2D eigenvalue weighted by molar-refractivity contribution is -0.384. The zero-order chi connectivity index (χ0) is 13.8. The number of aromatic carboxylic acids is 1. The molecule has 1 aromatic carbocycles. The van der Waals surface area contributed by atoms with E-state index in [1.54, 1.807) is 0 Å². The summed E-state index contributed by atoms with van der Waals surface area (Å²) in [6, 6.07) is 4.14. The molecule has 6 nitrogen and oxygen atoms in total. The second kappa shape index (κ2) is 5.92. The second-order valence-electron chi connectivity index (χ2n) is 4.32. The fraction of sp³-hybridized carbons (Fsp3) is 0.417. The lowest BCUT2D eigenvalue weighted by Crippen LogP contribution is -2.25. The molecule has 1 saturated heterocycles. The molecule has 0 aromatic heterocycles. The predicted octanol–water partition coefficient (Wildman–Crippen LogP) is 2.60. The van der Waals surface area contributed by atoms with Gasteiger partial charge >= 0.3 is 5.97 Å². The van der Waals surface area contributed by atoms with Crippen molar-refractivity contribution in [3.63, 3.8) is 0 Å². The Morgan fingerprint density at radius 2 is 2.11 bits per heavy atom. The van der Waals surface area contributed by atoms with Gasteiger partial charge in [-0.05, 0) is 30.4 Å². The summed E-state index contributed by atoms with van der Waals surface area (Å²) in [5.74, 6) is 0.941. The van der Waals surface area contributed by atoms with Gasteiger partial charge in [0.25, 0.3) is 5.69 Å². The minimum atomic E-state index is -1.16. The number of nitrogens with zero attached hydrogens (tertiary/aromatic N) is 1. The fourth-order valence-corrected chi connectivity index (χ4v) is 3.12. The number of carboxylic acids is 1. The minimum absolute atomic E-state index is 0.0487. The Balaban J connectivity index is 2.23. The SMILES string of the molecule is O=C(O)c1cc([N+](=O)[O-])ccc1NC1CCSCC1. The highest BCUT2D eigenvalue weighted by Crippen LogP contribution is 2.26. The monoisotopic (exact) mass is 282 g/mol. The van der Waals surface area contributed by atoms with E-state index in [-0.39, 0.29) is 17.3 Å². The van der Waals surface area contributed by atoms with Crippen LogP contribution in [-0.2, 0) is 0 Å². The summed E-state index contributed by atoms with van der Waals surface area (Å²) >= 11 is 1.88. The highest BCUT2D eigenvalue weighted by Gasteiger charge is 2.19. The second-order valence-corrected chi connectivity index (χ2v) is 5.55. The van der Waals surface area contributed by atoms with Crippen molar-refractivity contribution in [2.75, 3.05) is 16.8 Å². The average molecular weight is 282 g/mol. The topological polar surface area (TPSA) is 92.5 Å². The van der Waals surface area contributed by atoms with Crippen molar-refractivity contribution >= 4 is 29.1 Å². The average Bonchev–Trinajstić information content (AvgIpc) is 2.39. The molecule has 1 heterocycles. The summed E-state index contributed by atoms with van der Waals surface area (Å²) in [4.78, 5) is 21.2. The number of nitro groups is 1. The first kappa shape index (κ1) is 13.7. The molecule has 1 aliphatic heterocycles. The van der Waals surface area contributed by atoms with Crippen LogP contribution in [0.4, 0.5) is 11.4 Å². The Morgan fingerprint density at radius 3 is 2.68 bits per heavy atom. The summed E-state index contributed by atoms with van der Waals surface area (Å²) in [6.45, 7) is 0. The van der Waals surface area contributed by atoms with Crippen molar-refractivity contribution in [2.45, 2.75) is 18.9 Å². The number of hydrogen-bond donors (Lipinski definition) is 2. The molecular formula is C12H14N2O4S. The van der Waals surface area contributed by atoms with Crippen molar-refractivity contribution in [2.24, 2.45) is 0 Å². The highest BCUT2D eigenvalue weighted by molar-refractivity contribution is 7.99. The molecule has 0 atom stereocenters. The molecule has 102 valence electrons. The van der Waals surface area contributed by atoms with Gasteiger partial charge in [-0.25, -0.2) is 4.79 Å². The molecule has 0 spiro atoms. The zero-order valence-electron chi connectivity index (χ0n) is 10.2. The number of rotatable bonds is 4. The van der Waals surface area contributed by atoms with Crippen molar-refractivity contribution < 1.29 is 14.8 Å². The predicted molar refractivity (Wildman–Crippen MR) is 74.0 cm³/mol. The molecule has 7 heteroatoms. The van der Waals surface area contributed by atoms with Gasteiger partial charge in [0.05, 0.1) is 10.5 Å². The third kappa shape index (κ3) is 3.37. The van der Waals surface area contributed by atoms with E-state index in [0.717, 1.165) is 30.4 Å². The summed E-state index contributed by atoms with van der Waals surface area (Å²) in [5, 5.41) is 23.0. The highest BCUT2D eigenvalue weighted by atomic mass is 32.2. The van der Waals surface area contributed by atoms with E-state index < -0.39 is 10.9 Å². The van der Waals surface area contributed by atoms with Crippen LogP contribution in [0.2, 0.25) is 0 Å². The van der Waals surface area contributed by atoms with Gasteiger partial charge in [-0.3, -0.25) is 10.1 Å². The first-order valence-corrected chi connectivity index (χ1v) is 7.09. The van der Waals surface area contributed by atoms with Crippen LogP contribution in [0.3, 0.4) is 0 Å². The number of anilines is 1. The Labute approximate surface area is 114 Å². The van der Waals surface area contributed by atoms with Crippen molar-refractivity contribution in [1.29, 1.82) is 0 Å². The summed E-state index contributed by atoms with van der Waals surface area (Å²) < 4.78 is 0. The maximum Gasteiger partial charge on any atom is 0.338 e. The largest absolute Gasteiger partial charge is 0.478 e. The molecule has 2 N–H and O–H groups in total. The van der Waals surface area contributed by atoms with Gasteiger partial charge in [0, 0.05) is 23.9 Å². The molecule has 0 radical (unpaired) electrons. The molecule has 1 fully saturated rings. The fourth-order valence-electron chi connectivity index (χ4n) is 2.01. The standard InChI is InChI=1S/C12H14N2O4S/c15-12(16)10-7-9(14(17)18)1-2-11(10)13-8-3-5-19-6-4-8/h1-2,7-8,13H,3-6H2,(H,15,16). The van der Waals surface area contributed by atoms with Crippen LogP contribution in [0.25, 0.3) is 0 Å². The van der Waals surface area contributed by atoms with Crippen LogP contribution < -0.4 is 5.32 Å². The number of thioether (sulfide) groups is 1. The zero-order valence-corrected chi connectivity index (χ0v) is 11.0. The van der Waals surface area contributed by atoms with E-state index in [4.69, 9.17) is 5.11 Å². The van der Waals surface area contributed by atoms with E-state index in [9.17, 15) is 14.9 Å². The van der Waals surface area contributed by atoms with E-state index in [1.807, 2.05) is 11.8 Å². The first-order chi connectivity index (χ1) is 9.08. The molecule has 0 aliphatic carbocycles. The van der Waals surface area contributed by atoms with Crippen LogP contribution in [-0.4, -0.2) is 33.5 Å². The number of non-ortho nitro benzene ring substituents is 1. The van der Waals surface area contributed by atoms with Gasteiger partial charge in [-0.1, -0.05) is 0 Å². The molecular weight excluding hydrogens is 268 g/mol. The summed E-state index contributed by atoms with van der Waals surface area (Å²) in [5.41, 5.74) is 0.199. The first-order valence-electron chi connectivity index (χ1n) is 5.94.